The molecule has 2 N–H and O–H groups in total. The molecule has 2 aromatic rings. The molecule has 0 amide bonds. The highest BCUT2D eigenvalue weighted by molar-refractivity contribution is 5.60. The third kappa shape index (κ3) is 2.85. The molecule has 19 heavy (non-hydrogen) atoms. The summed E-state index contributed by atoms with van der Waals surface area (Å²) >= 11 is 0. The second kappa shape index (κ2) is 5.01. The smallest absolute Gasteiger partial charge is 0.329 e. The van der Waals surface area contributed by atoms with Gasteiger partial charge in [-0.25, -0.2) is 4.79 Å². The molecule has 0 fully saturated rings. The highest BCUT2D eigenvalue weighted by Crippen LogP contribution is 2.17. The van der Waals surface area contributed by atoms with Gasteiger partial charge in [-0.2, -0.15) is 0 Å². The molecule has 1 heterocycles. The fourth-order valence-corrected chi connectivity index (χ4v) is 1.62. The number of aromatic amines is 1. The lowest BCUT2D eigenvalue weighted by Gasteiger charge is -2.13. The predicted octanol–water partition coefficient (Wildman–Crippen LogP) is 0.883. The number of nitrogens with one attached hydrogen (secondary N) is 2. The Balaban J connectivity index is 2.26. The molecule has 0 spiro atoms. The van der Waals surface area contributed by atoms with Gasteiger partial charge in [-0.15, -0.1) is 0 Å². The normalized spacial score (nSPS) is 10.3. The lowest BCUT2D eigenvalue weighted by molar-refractivity contribution is 0.778. The van der Waals surface area contributed by atoms with Crippen molar-refractivity contribution in [2.75, 3.05) is 24.3 Å². The standard InChI is InChI=1S/C13H16N4O2/c1-16(2)10-6-4-9(5-7-10)14-11-8-12(18)17(3)13(19)15-11/h4-8,14H,1-3H3,(H,15,19). The zero-order valence-corrected chi connectivity index (χ0v) is 11.1. The molecule has 1 aromatic heterocycles. The number of rotatable bonds is 3. The van der Waals surface area contributed by atoms with Gasteiger partial charge in [0.15, 0.2) is 0 Å². The van der Waals surface area contributed by atoms with E-state index in [-0.39, 0.29) is 5.56 Å². The topological polar surface area (TPSA) is 70.1 Å². The Morgan fingerprint density at radius 2 is 1.79 bits per heavy atom. The Kier molecular flexibility index (Phi) is 3.41. The van der Waals surface area contributed by atoms with E-state index in [1.54, 1.807) is 0 Å². The minimum absolute atomic E-state index is 0.351. The minimum atomic E-state index is -0.445. The van der Waals surface area contributed by atoms with Crippen LogP contribution in [0.4, 0.5) is 17.2 Å². The molecule has 0 unspecified atom stereocenters. The first-order chi connectivity index (χ1) is 8.97. The van der Waals surface area contributed by atoms with Crippen molar-refractivity contribution in [3.63, 3.8) is 0 Å². The van der Waals surface area contributed by atoms with Crippen LogP contribution in [0.2, 0.25) is 0 Å². The zero-order chi connectivity index (χ0) is 14.0. The summed E-state index contributed by atoms with van der Waals surface area (Å²) in [7, 11) is 5.35. The molecule has 6 heteroatoms. The number of hydrogen-bond donors (Lipinski definition) is 2. The number of nitrogens with zero attached hydrogens (tertiary/aromatic N) is 2. The predicted molar refractivity (Wildman–Crippen MR) is 76.4 cm³/mol. The summed E-state index contributed by atoms with van der Waals surface area (Å²) in [6, 6.07) is 9.00. The van der Waals surface area contributed by atoms with Crippen LogP contribution in [0.25, 0.3) is 0 Å². The van der Waals surface area contributed by atoms with Crippen molar-refractivity contribution in [3.05, 3.63) is 51.2 Å². The van der Waals surface area contributed by atoms with Crippen LogP contribution in [0, 0.1) is 0 Å². The van der Waals surface area contributed by atoms with Gasteiger partial charge in [0, 0.05) is 38.6 Å². The molecule has 2 rings (SSSR count). The first-order valence-electron chi connectivity index (χ1n) is 5.82. The van der Waals surface area contributed by atoms with Crippen LogP contribution in [0.15, 0.2) is 39.9 Å². The maximum atomic E-state index is 11.5. The fourth-order valence-electron chi connectivity index (χ4n) is 1.62. The summed E-state index contributed by atoms with van der Waals surface area (Å²) in [5.74, 6) is 0.380. The Bertz CT molecular complexity index is 652. The largest absolute Gasteiger partial charge is 0.378 e. The molecule has 0 radical (unpaired) electrons. The van der Waals surface area contributed by atoms with Crippen molar-refractivity contribution in [3.8, 4) is 0 Å². The third-order valence-corrected chi connectivity index (χ3v) is 2.81. The summed E-state index contributed by atoms with van der Waals surface area (Å²) in [6.07, 6.45) is 0. The molecule has 1 aromatic carbocycles. The maximum absolute atomic E-state index is 11.5. The molecule has 0 aliphatic rings. The van der Waals surface area contributed by atoms with Crippen LogP contribution in [-0.4, -0.2) is 23.6 Å². The second-order valence-electron chi connectivity index (χ2n) is 4.45. The first kappa shape index (κ1) is 12.9. The molecule has 0 aliphatic heterocycles. The number of anilines is 3. The minimum Gasteiger partial charge on any atom is -0.378 e. The number of benzene rings is 1. The lowest BCUT2D eigenvalue weighted by atomic mass is 10.2. The Morgan fingerprint density at radius 3 is 2.32 bits per heavy atom. The van der Waals surface area contributed by atoms with E-state index in [4.69, 9.17) is 0 Å². The molecular weight excluding hydrogens is 244 g/mol. The SMILES string of the molecule is CN(C)c1ccc(Nc2cc(=O)n(C)c(=O)[nH]2)cc1. The van der Waals surface area contributed by atoms with Crippen molar-refractivity contribution in [1.29, 1.82) is 0 Å². The Hall–Kier alpha value is -2.50. The molecule has 6 nitrogen and oxygen atoms in total. The monoisotopic (exact) mass is 260 g/mol. The highest BCUT2D eigenvalue weighted by atomic mass is 16.2. The summed E-state index contributed by atoms with van der Waals surface area (Å²) in [5, 5.41) is 2.99. The molecule has 0 bridgehead atoms. The summed E-state index contributed by atoms with van der Waals surface area (Å²) in [6.45, 7) is 0. The third-order valence-electron chi connectivity index (χ3n) is 2.81. The van der Waals surface area contributed by atoms with Crippen molar-refractivity contribution in [2.45, 2.75) is 0 Å². The molecule has 0 saturated carbocycles. The van der Waals surface area contributed by atoms with Gasteiger partial charge in [0.2, 0.25) is 0 Å². The quantitative estimate of drug-likeness (QED) is 0.859. The summed E-state index contributed by atoms with van der Waals surface area (Å²) < 4.78 is 1.01. The van der Waals surface area contributed by atoms with E-state index in [0.29, 0.717) is 5.82 Å². The van der Waals surface area contributed by atoms with Crippen LogP contribution in [-0.2, 0) is 7.05 Å². The Morgan fingerprint density at radius 1 is 1.16 bits per heavy atom. The van der Waals surface area contributed by atoms with Crippen LogP contribution in [0.1, 0.15) is 0 Å². The van der Waals surface area contributed by atoms with E-state index in [0.717, 1.165) is 15.9 Å². The van der Waals surface area contributed by atoms with E-state index in [9.17, 15) is 9.59 Å². The van der Waals surface area contributed by atoms with E-state index in [1.807, 2.05) is 43.3 Å². The lowest BCUT2D eigenvalue weighted by Crippen LogP contribution is -2.32. The van der Waals surface area contributed by atoms with E-state index in [1.165, 1.54) is 13.1 Å². The summed E-state index contributed by atoms with van der Waals surface area (Å²) in [5.41, 5.74) is 1.08. The number of hydrogen-bond acceptors (Lipinski definition) is 4. The average molecular weight is 260 g/mol. The second-order valence-corrected chi connectivity index (χ2v) is 4.45. The van der Waals surface area contributed by atoms with E-state index >= 15 is 0 Å². The van der Waals surface area contributed by atoms with Gasteiger partial charge in [0.1, 0.15) is 5.82 Å². The highest BCUT2D eigenvalue weighted by Gasteiger charge is 2.01. The number of H-pyrrole nitrogens is 1. The number of aromatic nitrogens is 2. The van der Waals surface area contributed by atoms with Gasteiger partial charge < -0.3 is 10.2 Å². The van der Waals surface area contributed by atoms with Gasteiger partial charge in [0.05, 0.1) is 0 Å². The van der Waals surface area contributed by atoms with Crippen molar-refractivity contribution in [1.82, 2.24) is 9.55 Å². The maximum Gasteiger partial charge on any atom is 0.329 e. The molecule has 0 saturated heterocycles. The van der Waals surface area contributed by atoms with E-state index < -0.39 is 5.69 Å². The zero-order valence-electron chi connectivity index (χ0n) is 11.1. The molecular formula is C13H16N4O2. The first-order valence-corrected chi connectivity index (χ1v) is 5.82. The van der Waals surface area contributed by atoms with Crippen molar-refractivity contribution in [2.24, 2.45) is 7.05 Å². The Labute approximate surface area is 110 Å². The van der Waals surface area contributed by atoms with Gasteiger partial charge >= 0.3 is 5.69 Å². The fraction of sp³-hybridized carbons (Fsp3) is 0.231. The summed E-state index contributed by atoms with van der Waals surface area (Å²) in [4.78, 5) is 27.5. The average Bonchev–Trinajstić information content (AvgIpc) is 2.36. The van der Waals surface area contributed by atoms with Crippen molar-refractivity contribution < 1.29 is 0 Å². The van der Waals surface area contributed by atoms with Gasteiger partial charge in [0.25, 0.3) is 5.56 Å². The van der Waals surface area contributed by atoms with Gasteiger partial charge in [-0.05, 0) is 24.3 Å². The van der Waals surface area contributed by atoms with Gasteiger partial charge in [-0.3, -0.25) is 14.3 Å². The van der Waals surface area contributed by atoms with Crippen LogP contribution in [0.5, 0.6) is 0 Å². The van der Waals surface area contributed by atoms with Crippen molar-refractivity contribution >= 4 is 17.2 Å². The molecule has 0 atom stereocenters. The molecule has 100 valence electrons. The van der Waals surface area contributed by atoms with Crippen LogP contribution < -0.4 is 21.5 Å². The van der Waals surface area contributed by atoms with Crippen LogP contribution in [0.3, 0.4) is 0 Å². The van der Waals surface area contributed by atoms with E-state index in [2.05, 4.69) is 10.3 Å². The van der Waals surface area contributed by atoms with Gasteiger partial charge in [-0.1, -0.05) is 0 Å². The molecule has 0 aliphatic carbocycles. The van der Waals surface area contributed by atoms with Crippen LogP contribution >= 0.6 is 0 Å².